The third kappa shape index (κ3) is 5.22. The molecule has 0 bridgehead atoms. The second-order valence-electron chi connectivity index (χ2n) is 8.58. The van der Waals surface area contributed by atoms with Crippen LogP contribution >= 0.6 is 0 Å². The van der Waals surface area contributed by atoms with E-state index in [-0.39, 0.29) is 22.8 Å². The van der Waals surface area contributed by atoms with E-state index in [1.807, 2.05) is 0 Å². The zero-order valence-electron chi connectivity index (χ0n) is 18.2. The standard InChI is InChI=1S/C23H24F4N2O4/c1-21(2,17-10-14(24)4-7-19(17)32-3)12-22(31,23(25,26)27)11-15-8-13-9-16(33-20(28)30)5-6-18(13)29-15/h4-10,29,31H,11-12H2,1-3H3,(H2,28,30). The van der Waals surface area contributed by atoms with Gasteiger partial charge in [-0.15, -0.1) is 0 Å². The molecular weight excluding hydrogens is 444 g/mol. The average Bonchev–Trinajstić information content (AvgIpc) is 3.07. The molecule has 1 heterocycles. The summed E-state index contributed by atoms with van der Waals surface area (Å²) in [6, 6.07) is 9.41. The van der Waals surface area contributed by atoms with Crippen molar-refractivity contribution in [3.05, 3.63) is 59.5 Å². The van der Waals surface area contributed by atoms with Gasteiger partial charge >= 0.3 is 12.3 Å². The van der Waals surface area contributed by atoms with Gasteiger partial charge in [-0.05, 0) is 54.3 Å². The number of fused-ring (bicyclic) bond motifs is 1. The zero-order chi connectivity index (χ0) is 24.6. The van der Waals surface area contributed by atoms with Crippen LogP contribution in [-0.2, 0) is 11.8 Å². The first kappa shape index (κ1) is 24.4. The van der Waals surface area contributed by atoms with Gasteiger partial charge in [0.15, 0.2) is 5.60 Å². The number of alkyl halides is 3. The number of halogens is 4. The van der Waals surface area contributed by atoms with Crippen LogP contribution < -0.4 is 15.2 Å². The average molecular weight is 468 g/mol. The number of hydrogen-bond donors (Lipinski definition) is 3. The van der Waals surface area contributed by atoms with Gasteiger partial charge in [0.2, 0.25) is 0 Å². The van der Waals surface area contributed by atoms with Crippen LogP contribution in [0.25, 0.3) is 10.9 Å². The van der Waals surface area contributed by atoms with Crippen molar-refractivity contribution in [2.45, 2.75) is 43.9 Å². The Morgan fingerprint density at radius 3 is 2.42 bits per heavy atom. The van der Waals surface area contributed by atoms with Crippen molar-refractivity contribution in [2.75, 3.05) is 7.11 Å². The third-order valence-electron chi connectivity index (χ3n) is 5.50. The molecule has 4 N–H and O–H groups in total. The molecule has 0 spiro atoms. The van der Waals surface area contributed by atoms with Crippen LogP contribution in [0.5, 0.6) is 11.5 Å². The summed E-state index contributed by atoms with van der Waals surface area (Å²) in [4.78, 5) is 13.8. The predicted molar refractivity (Wildman–Crippen MR) is 114 cm³/mol. The number of nitrogens with two attached hydrogens (primary N) is 1. The van der Waals surface area contributed by atoms with Crippen molar-refractivity contribution in [1.82, 2.24) is 4.98 Å². The van der Waals surface area contributed by atoms with Gasteiger partial charge in [0.25, 0.3) is 0 Å². The van der Waals surface area contributed by atoms with E-state index >= 15 is 0 Å². The van der Waals surface area contributed by atoms with Gasteiger partial charge in [0, 0.05) is 28.6 Å². The molecule has 33 heavy (non-hydrogen) atoms. The summed E-state index contributed by atoms with van der Waals surface area (Å²) < 4.78 is 66.2. The number of ether oxygens (including phenoxy) is 2. The van der Waals surface area contributed by atoms with Gasteiger partial charge in [0.1, 0.15) is 17.3 Å². The molecule has 178 valence electrons. The van der Waals surface area contributed by atoms with Crippen LogP contribution in [0.2, 0.25) is 0 Å². The van der Waals surface area contributed by atoms with Crippen molar-refractivity contribution in [2.24, 2.45) is 5.73 Å². The van der Waals surface area contributed by atoms with E-state index in [1.54, 1.807) is 0 Å². The minimum atomic E-state index is -4.98. The lowest BCUT2D eigenvalue weighted by Gasteiger charge is -2.38. The van der Waals surface area contributed by atoms with Gasteiger partial charge in [-0.3, -0.25) is 0 Å². The fourth-order valence-corrected chi connectivity index (χ4v) is 4.06. The van der Waals surface area contributed by atoms with Crippen LogP contribution in [-0.4, -0.2) is 35.1 Å². The van der Waals surface area contributed by atoms with Crippen molar-refractivity contribution < 1.29 is 36.9 Å². The van der Waals surface area contributed by atoms with E-state index < -0.39 is 41.9 Å². The van der Waals surface area contributed by atoms with Crippen molar-refractivity contribution in [1.29, 1.82) is 0 Å². The maximum Gasteiger partial charge on any atom is 0.417 e. The Kier molecular flexibility index (Phi) is 6.34. The zero-order valence-corrected chi connectivity index (χ0v) is 18.2. The highest BCUT2D eigenvalue weighted by Crippen LogP contribution is 2.45. The van der Waals surface area contributed by atoms with E-state index in [1.165, 1.54) is 51.3 Å². The molecule has 10 heteroatoms. The first-order valence-electron chi connectivity index (χ1n) is 9.96. The van der Waals surface area contributed by atoms with Crippen molar-refractivity contribution >= 4 is 17.0 Å². The Morgan fingerprint density at radius 1 is 1.12 bits per heavy atom. The topological polar surface area (TPSA) is 97.6 Å². The number of carbonyl (C=O) groups is 1. The first-order valence-corrected chi connectivity index (χ1v) is 9.96. The second kappa shape index (κ2) is 8.58. The van der Waals surface area contributed by atoms with Gasteiger partial charge in [-0.1, -0.05) is 13.8 Å². The summed E-state index contributed by atoms with van der Waals surface area (Å²) in [5, 5.41) is 11.3. The lowest BCUT2D eigenvalue weighted by atomic mass is 9.73. The van der Waals surface area contributed by atoms with E-state index in [4.69, 9.17) is 15.2 Å². The smallest absolute Gasteiger partial charge is 0.417 e. The van der Waals surface area contributed by atoms with Crippen LogP contribution in [0.4, 0.5) is 22.4 Å². The highest BCUT2D eigenvalue weighted by molar-refractivity contribution is 5.83. The normalized spacial score (nSPS) is 14.2. The van der Waals surface area contributed by atoms with Crippen molar-refractivity contribution in [3.8, 4) is 11.5 Å². The van der Waals surface area contributed by atoms with E-state index in [0.717, 1.165) is 12.1 Å². The number of aromatic amines is 1. The molecule has 6 nitrogen and oxygen atoms in total. The van der Waals surface area contributed by atoms with Crippen LogP contribution in [0.1, 0.15) is 31.5 Å². The number of rotatable bonds is 7. The number of nitrogens with one attached hydrogen (secondary N) is 1. The predicted octanol–water partition coefficient (Wildman–Crippen LogP) is 4.98. The molecule has 0 fully saturated rings. The quantitative estimate of drug-likeness (QED) is 0.426. The summed E-state index contributed by atoms with van der Waals surface area (Å²) in [6.07, 6.45) is -7.54. The molecular formula is C23H24F4N2O4. The number of amides is 1. The van der Waals surface area contributed by atoms with Gasteiger partial charge in [-0.25, -0.2) is 9.18 Å². The number of H-pyrrole nitrogens is 1. The third-order valence-corrected chi connectivity index (χ3v) is 5.50. The molecule has 3 rings (SSSR count). The molecule has 0 saturated heterocycles. The Hall–Kier alpha value is -3.27. The Balaban J connectivity index is 1.97. The van der Waals surface area contributed by atoms with Gasteiger partial charge < -0.3 is 25.3 Å². The lowest BCUT2D eigenvalue weighted by Crippen LogP contribution is -2.51. The number of benzene rings is 2. The maximum atomic E-state index is 14.1. The first-order chi connectivity index (χ1) is 15.2. The molecule has 1 unspecified atom stereocenters. The largest absolute Gasteiger partial charge is 0.496 e. The van der Waals surface area contributed by atoms with Gasteiger partial charge in [0.05, 0.1) is 7.11 Å². The monoisotopic (exact) mass is 468 g/mol. The minimum absolute atomic E-state index is 0.114. The maximum absolute atomic E-state index is 14.1. The Morgan fingerprint density at radius 2 is 1.82 bits per heavy atom. The summed E-state index contributed by atoms with van der Waals surface area (Å²) in [7, 11) is 1.34. The summed E-state index contributed by atoms with van der Waals surface area (Å²) in [5.41, 5.74) is 1.35. The number of aromatic nitrogens is 1. The molecule has 1 atom stereocenters. The summed E-state index contributed by atoms with van der Waals surface area (Å²) in [6.45, 7) is 2.97. The van der Waals surface area contributed by atoms with E-state index in [2.05, 4.69) is 4.98 Å². The van der Waals surface area contributed by atoms with Crippen LogP contribution in [0, 0.1) is 5.82 Å². The molecule has 3 aromatic rings. The molecule has 2 aromatic carbocycles. The molecule has 0 aliphatic rings. The minimum Gasteiger partial charge on any atom is -0.496 e. The molecule has 0 aliphatic heterocycles. The highest BCUT2D eigenvalue weighted by atomic mass is 19.4. The van der Waals surface area contributed by atoms with E-state index in [0.29, 0.717) is 10.9 Å². The SMILES string of the molecule is COc1ccc(F)cc1C(C)(C)CC(O)(Cc1cc2cc(OC(N)=O)ccc2[nH]1)C(F)(F)F. The molecule has 0 radical (unpaired) electrons. The molecule has 1 aromatic heterocycles. The summed E-state index contributed by atoms with van der Waals surface area (Å²) in [5.74, 6) is -0.275. The number of carbonyl (C=O) groups excluding carboxylic acids is 1. The van der Waals surface area contributed by atoms with E-state index in [9.17, 15) is 27.5 Å². The van der Waals surface area contributed by atoms with Crippen LogP contribution in [0.3, 0.4) is 0 Å². The number of primary amides is 1. The fourth-order valence-electron chi connectivity index (χ4n) is 4.06. The van der Waals surface area contributed by atoms with Crippen LogP contribution in [0.15, 0.2) is 42.5 Å². The highest BCUT2D eigenvalue weighted by Gasteiger charge is 2.56. The Labute approximate surface area is 187 Å². The lowest BCUT2D eigenvalue weighted by molar-refractivity contribution is -0.266. The fraction of sp³-hybridized carbons (Fsp3) is 0.348. The number of methoxy groups -OCH3 is 1. The second-order valence-corrected chi connectivity index (χ2v) is 8.58. The summed E-state index contributed by atoms with van der Waals surface area (Å²) >= 11 is 0. The molecule has 1 amide bonds. The van der Waals surface area contributed by atoms with Gasteiger partial charge in [-0.2, -0.15) is 13.2 Å². The number of aliphatic hydroxyl groups is 1. The number of hydrogen-bond acceptors (Lipinski definition) is 4. The Bertz CT molecular complexity index is 1170. The molecule has 0 aliphatic carbocycles. The molecule has 0 saturated carbocycles. The van der Waals surface area contributed by atoms with Crippen molar-refractivity contribution in [3.63, 3.8) is 0 Å².